The predicted octanol–water partition coefficient (Wildman–Crippen LogP) is 1.86. The molecule has 0 bridgehead atoms. The number of aryl methyl sites for hydroxylation is 1. The second-order valence-electron chi connectivity index (χ2n) is 5.36. The molecule has 19 heavy (non-hydrogen) atoms. The van der Waals surface area contributed by atoms with E-state index in [0.717, 1.165) is 19.3 Å². The molecule has 0 saturated carbocycles. The average Bonchev–Trinajstić information content (AvgIpc) is 3.05. The smallest absolute Gasteiger partial charge is 0.276 e. The highest BCUT2D eigenvalue weighted by Gasteiger charge is 2.39. The van der Waals surface area contributed by atoms with Crippen molar-refractivity contribution in [3.63, 3.8) is 0 Å². The fourth-order valence-electron chi connectivity index (χ4n) is 2.90. The zero-order chi connectivity index (χ0) is 13.9. The molecule has 1 N–H and O–H groups in total. The normalized spacial score (nSPS) is 23.0. The van der Waals surface area contributed by atoms with Gasteiger partial charge in [0.2, 0.25) is 0 Å². The highest BCUT2D eigenvalue weighted by atomic mass is 16.3. The van der Waals surface area contributed by atoms with Crippen LogP contribution in [0.1, 0.15) is 49.4 Å². The van der Waals surface area contributed by atoms with E-state index in [0.29, 0.717) is 31.0 Å². The summed E-state index contributed by atoms with van der Waals surface area (Å²) in [6.07, 6.45) is 4.82. The first-order valence-corrected chi connectivity index (χ1v) is 6.98. The third kappa shape index (κ3) is 2.66. The molecule has 5 nitrogen and oxygen atoms in total. The fourth-order valence-corrected chi connectivity index (χ4v) is 2.90. The van der Waals surface area contributed by atoms with Crippen LogP contribution < -0.4 is 0 Å². The van der Waals surface area contributed by atoms with Gasteiger partial charge in [-0.3, -0.25) is 4.79 Å². The molecule has 0 aromatic carbocycles. The Morgan fingerprint density at radius 1 is 1.58 bits per heavy atom. The molecule has 1 aliphatic heterocycles. The van der Waals surface area contributed by atoms with Crippen molar-refractivity contribution in [2.24, 2.45) is 5.41 Å². The molecule has 1 atom stereocenters. The molecule has 1 aromatic heterocycles. The lowest BCUT2D eigenvalue weighted by Crippen LogP contribution is -2.34. The van der Waals surface area contributed by atoms with Gasteiger partial charge >= 0.3 is 0 Å². The first-order valence-electron chi connectivity index (χ1n) is 6.98. The Balaban J connectivity index is 2.10. The molecule has 1 unspecified atom stereocenters. The van der Waals surface area contributed by atoms with Crippen molar-refractivity contribution in [2.75, 3.05) is 19.7 Å². The standard InChI is InChI=1S/C14H22N2O3/c1-3-5-14(9-17)6-7-16(8-14)13(18)12-11(4-2)19-10-15-12/h10,17H,3-9H2,1-2H3. The Bertz CT molecular complexity index is 444. The van der Waals surface area contributed by atoms with E-state index < -0.39 is 0 Å². The summed E-state index contributed by atoms with van der Waals surface area (Å²) in [4.78, 5) is 18.2. The van der Waals surface area contributed by atoms with Gasteiger partial charge in [0.25, 0.3) is 5.91 Å². The number of carbonyl (C=O) groups is 1. The number of hydrogen-bond acceptors (Lipinski definition) is 4. The van der Waals surface area contributed by atoms with Crippen molar-refractivity contribution >= 4 is 5.91 Å². The molecule has 1 saturated heterocycles. The number of hydrogen-bond donors (Lipinski definition) is 1. The summed E-state index contributed by atoms with van der Waals surface area (Å²) in [6, 6.07) is 0. The summed E-state index contributed by atoms with van der Waals surface area (Å²) in [5.74, 6) is 0.569. The van der Waals surface area contributed by atoms with Crippen LogP contribution in [-0.4, -0.2) is 40.6 Å². The van der Waals surface area contributed by atoms with Crippen LogP contribution in [0, 0.1) is 5.41 Å². The number of oxazole rings is 1. The number of aromatic nitrogens is 1. The quantitative estimate of drug-likeness (QED) is 0.883. The summed E-state index contributed by atoms with van der Waals surface area (Å²) >= 11 is 0. The SMILES string of the molecule is CCCC1(CO)CCN(C(=O)c2ncoc2CC)C1. The zero-order valence-corrected chi connectivity index (χ0v) is 11.7. The maximum Gasteiger partial charge on any atom is 0.276 e. The van der Waals surface area contributed by atoms with Crippen molar-refractivity contribution < 1.29 is 14.3 Å². The maximum atomic E-state index is 12.4. The zero-order valence-electron chi connectivity index (χ0n) is 11.7. The Morgan fingerprint density at radius 2 is 2.37 bits per heavy atom. The molecule has 1 amide bonds. The summed E-state index contributed by atoms with van der Waals surface area (Å²) in [5.41, 5.74) is 0.299. The fraction of sp³-hybridized carbons (Fsp3) is 0.714. The third-order valence-corrected chi connectivity index (χ3v) is 4.01. The van der Waals surface area contributed by atoms with Crippen molar-refractivity contribution in [3.8, 4) is 0 Å². The Hall–Kier alpha value is -1.36. The minimum atomic E-state index is -0.124. The van der Waals surface area contributed by atoms with Gasteiger partial charge in [-0.1, -0.05) is 20.3 Å². The molecular weight excluding hydrogens is 244 g/mol. The van der Waals surface area contributed by atoms with E-state index in [9.17, 15) is 9.90 Å². The number of amides is 1. The summed E-state index contributed by atoms with van der Waals surface area (Å²) in [6.45, 7) is 5.50. The van der Waals surface area contributed by atoms with Crippen molar-refractivity contribution in [1.29, 1.82) is 0 Å². The second kappa shape index (κ2) is 5.74. The molecule has 1 aromatic rings. The topological polar surface area (TPSA) is 66.6 Å². The van der Waals surface area contributed by atoms with Gasteiger partial charge in [0.1, 0.15) is 5.76 Å². The predicted molar refractivity (Wildman–Crippen MR) is 70.8 cm³/mol. The molecule has 106 valence electrons. The minimum Gasteiger partial charge on any atom is -0.448 e. The maximum absolute atomic E-state index is 12.4. The van der Waals surface area contributed by atoms with E-state index >= 15 is 0 Å². The van der Waals surface area contributed by atoms with E-state index in [4.69, 9.17) is 4.42 Å². The molecule has 5 heteroatoms. The lowest BCUT2D eigenvalue weighted by atomic mass is 9.83. The number of carbonyl (C=O) groups excluding carboxylic acids is 1. The van der Waals surface area contributed by atoms with Gasteiger partial charge < -0.3 is 14.4 Å². The molecule has 2 rings (SSSR count). The summed E-state index contributed by atoms with van der Waals surface area (Å²) < 4.78 is 5.21. The Labute approximate surface area is 113 Å². The second-order valence-corrected chi connectivity index (χ2v) is 5.36. The van der Waals surface area contributed by atoms with Gasteiger partial charge in [0.15, 0.2) is 12.1 Å². The largest absolute Gasteiger partial charge is 0.448 e. The van der Waals surface area contributed by atoms with Crippen LogP contribution in [0.2, 0.25) is 0 Å². The van der Waals surface area contributed by atoms with E-state index in [-0.39, 0.29) is 17.9 Å². The van der Waals surface area contributed by atoms with Gasteiger partial charge in [0.05, 0.1) is 6.61 Å². The first kappa shape index (κ1) is 14.1. The van der Waals surface area contributed by atoms with Crippen molar-refractivity contribution in [3.05, 3.63) is 17.8 Å². The minimum absolute atomic E-state index is 0.0722. The number of aliphatic hydroxyl groups is 1. The number of rotatable bonds is 5. The molecular formula is C14H22N2O3. The number of aliphatic hydroxyl groups excluding tert-OH is 1. The van der Waals surface area contributed by atoms with Gasteiger partial charge in [-0.05, 0) is 12.8 Å². The van der Waals surface area contributed by atoms with Gasteiger partial charge in [-0.15, -0.1) is 0 Å². The third-order valence-electron chi connectivity index (χ3n) is 4.01. The van der Waals surface area contributed by atoms with Gasteiger partial charge in [-0.2, -0.15) is 0 Å². The van der Waals surface area contributed by atoms with Gasteiger partial charge in [0, 0.05) is 24.9 Å². The monoisotopic (exact) mass is 266 g/mol. The van der Waals surface area contributed by atoms with E-state index in [1.54, 1.807) is 4.90 Å². The lowest BCUT2D eigenvalue weighted by Gasteiger charge is -2.26. The molecule has 0 aliphatic carbocycles. The molecule has 1 fully saturated rings. The van der Waals surface area contributed by atoms with Crippen molar-refractivity contribution in [1.82, 2.24) is 9.88 Å². The van der Waals surface area contributed by atoms with E-state index in [1.165, 1.54) is 6.39 Å². The summed E-state index contributed by atoms with van der Waals surface area (Å²) in [7, 11) is 0. The van der Waals surface area contributed by atoms with Crippen LogP contribution in [0.15, 0.2) is 10.8 Å². The van der Waals surface area contributed by atoms with Crippen LogP contribution in [0.4, 0.5) is 0 Å². The number of likely N-dealkylation sites (tertiary alicyclic amines) is 1. The van der Waals surface area contributed by atoms with Crippen LogP contribution >= 0.6 is 0 Å². The van der Waals surface area contributed by atoms with Crippen molar-refractivity contribution in [2.45, 2.75) is 39.5 Å². The molecule has 2 heterocycles. The lowest BCUT2D eigenvalue weighted by molar-refractivity contribution is 0.0722. The van der Waals surface area contributed by atoms with E-state index in [2.05, 4.69) is 11.9 Å². The van der Waals surface area contributed by atoms with Crippen LogP contribution in [0.3, 0.4) is 0 Å². The first-order chi connectivity index (χ1) is 9.15. The Kier molecular flexibility index (Phi) is 4.24. The molecule has 0 spiro atoms. The van der Waals surface area contributed by atoms with Crippen LogP contribution in [0.25, 0.3) is 0 Å². The molecule has 1 aliphatic rings. The van der Waals surface area contributed by atoms with Gasteiger partial charge in [-0.25, -0.2) is 4.98 Å². The summed E-state index contributed by atoms with van der Waals surface area (Å²) in [5, 5.41) is 9.61. The number of nitrogens with zero attached hydrogens (tertiary/aromatic N) is 2. The van der Waals surface area contributed by atoms with E-state index in [1.807, 2.05) is 6.92 Å². The van der Waals surface area contributed by atoms with Crippen LogP contribution in [-0.2, 0) is 6.42 Å². The Morgan fingerprint density at radius 3 is 3.00 bits per heavy atom. The molecule has 0 radical (unpaired) electrons. The highest BCUT2D eigenvalue weighted by molar-refractivity contribution is 5.93. The van der Waals surface area contributed by atoms with Crippen LogP contribution in [0.5, 0.6) is 0 Å². The highest BCUT2D eigenvalue weighted by Crippen LogP contribution is 2.35. The average molecular weight is 266 g/mol.